The lowest BCUT2D eigenvalue weighted by Gasteiger charge is -2.33. The molecule has 0 radical (unpaired) electrons. The number of methoxy groups -OCH3 is 1. The molecule has 2 aromatic carbocycles. The Morgan fingerprint density at radius 3 is 2.14 bits per heavy atom. The molecule has 3 rings (SSSR count). The number of sulfone groups is 1. The molecule has 0 aromatic heterocycles. The summed E-state index contributed by atoms with van der Waals surface area (Å²) in [6.07, 6.45) is 0. The number of rotatable bonds is 7. The van der Waals surface area contributed by atoms with Crippen LogP contribution in [0.1, 0.15) is 0 Å². The molecule has 0 saturated carbocycles. The number of nitrogens with zero attached hydrogens (tertiary/aromatic N) is 2. The topological polar surface area (TPSA) is 84.0 Å². The van der Waals surface area contributed by atoms with Crippen molar-refractivity contribution < 1.29 is 21.6 Å². The Morgan fingerprint density at radius 1 is 0.857 bits per heavy atom. The summed E-state index contributed by atoms with van der Waals surface area (Å²) < 4.78 is 57.0. The average Bonchev–Trinajstić information content (AvgIpc) is 2.73. The lowest BCUT2D eigenvalue weighted by molar-refractivity contribution is 0.197. The summed E-state index contributed by atoms with van der Waals surface area (Å²) >= 11 is 0. The summed E-state index contributed by atoms with van der Waals surface area (Å²) in [6.45, 7) is 2.05. The summed E-state index contributed by atoms with van der Waals surface area (Å²) in [5, 5.41) is 0. The lowest BCUT2D eigenvalue weighted by atomic mass is 10.3. The first kappa shape index (κ1) is 20.8. The van der Waals surface area contributed by atoms with E-state index in [4.69, 9.17) is 4.74 Å². The van der Waals surface area contributed by atoms with Crippen LogP contribution in [0.4, 0.5) is 0 Å². The van der Waals surface area contributed by atoms with Gasteiger partial charge in [0.15, 0.2) is 9.84 Å². The molecule has 0 N–H and O–H groups in total. The maximum Gasteiger partial charge on any atom is 0.243 e. The van der Waals surface area contributed by atoms with Crippen LogP contribution in [0.3, 0.4) is 0 Å². The Hall–Kier alpha value is -1.94. The maximum absolute atomic E-state index is 12.7. The third-order valence-electron chi connectivity index (χ3n) is 4.79. The van der Waals surface area contributed by atoms with E-state index in [1.807, 2.05) is 4.90 Å². The normalized spacial score (nSPS) is 16.8. The summed E-state index contributed by atoms with van der Waals surface area (Å²) in [5.74, 6) is 0.479. The standard InChI is InChI=1S/C19H24N2O5S2/c1-26-17-6-5-9-19(16-17)27(22,23)15-14-20-10-12-21(13-11-20)28(24,25)18-7-3-2-4-8-18/h2-9,16H,10-15H2,1H3. The van der Waals surface area contributed by atoms with Crippen LogP contribution in [-0.2, 0) is 19.9 Å². The molecule has 0 spiro atoms. The molecular formula is C19H24N2O5S2. The van der Waals surface area contributed by atoms with E-state index >= 15 is 0 Å². The number of ether oxygens (including phenoxy) is 1. The minimum absolute atomic E-state index is 0.0222. The maximum atomic E-state index is 12.7. The van der Waals surface area contributed by atoms with Crippen LogP contribution in [0.25, 0.3) is 0 Å². The van der Waals surface area contributed by atoms with Crippen LogP contribution in [0.15, 0.2) is 64.4 Å². The molecule has 28 heavy (non-hydrogen) atoms. The molecule has 1 heterocycles. The van der Waals surface area contributed by atoms with Gasteiger partial charge in [-0.05, 0) is 30.3 Å². The molecule has 1 aliphatic heterocycles. The Kier molecular flexibility index (Phi) is 6.39. The lowest BCUT2D eigenvalue weighted by Crippen LogP contribution is -2.49. The van der Waals surface area contributed by atoms with Gasteiger partial charge in [0.2, 0.25) is 10.0 Å². The van der Waals surface area contributed by atoms with Gasteiger partial charge in [0, 0.05) is 32.7 Å². The van der Waals surface area contributed by atoms with Gasteiger partial charge in [0.1, 0.15) is 5.75 Å². The summed E-state index contributed by atoms with van der Waals surface area (Å²) in [7, 11) is -5.44. The molecule has 0 aliphatic carbocycles. The number of hydrogen-bond donors (Lipinski definition) is 0. The molecule has 7 nitrogen and oxygen atoms in total. The second-order valence-electron chi connectivity index (χ2n) is 6.56. The van der Waals surface area contributed by atoms with E-state index in [1.165, 1.54) is 17.5 Å². The van der Waals surface area contributed by atoms with Crippen molar-refractivity contribution in [2.75, 3.05) is 45.6 Å². The fraction of sp³-hybridized carbons (Fsp3) is 0.368. The summed E-state index contributed by atoms with van der Waals surface area (Å²) in [6, 6.07) is 14.8. The molecule has 1 aliphatic rings. The highest BCUT2D eigenvalue weighted by Crippen LogP contribution is 2.20. The minimum Gasteiger partial charge on any atom is -0.497 e. The van der Waals surface area contributed by atoms with Crippen LogP contribution in [0.5, 0.6) is 5.75 Å². The zero-order valence-electron chi connectivity index (χ0n) is 15.7. The zero-order chi connectivity index (χ0) is 20.2. The van der Waals surface area contributed by atoms with E-state index in [0.29, 0.717) is 38.5 Å². The average molecular weight is 425 g/mol. The van der Waals surface area contributed by atoms with Crippen LogP contribution >= 0.6 is 0 Å². The summed E-state index contributed by atoms with van der Waals surface area (Å²) in [4.78, 5) is 2.50. The first-order valence-corrected chi connectivity index (χ1v) is 12.1. The molecule has 0 unspecified atom stereocenters. The predicted molar refractivity (Wildman–Crippen MR) is 107 cm³/mol. The highest BCUT2D eigenvalue weighted by atomic mass is 32.2. The molecule has 0 atom stereocenters. The van der Waals surface area contributed by atoms with Crippen molar-refractivity contribution in [2.45, 2.75) is 9.79 Å². The van der Waals surface area contributed by atoms with E-state index in [9.17, 15) is 16.8 Å². The van der Waals surface area contributed by atoms with Crippen molar-refractivity contribution in [3.8, 4) is 5.75 Å². The molecule has 2 aromatic rings. The quantitative estimate of drug-likeness (QED) is 0.669. The van der Waals surface area contributed by atoms with Gasteiger partial charge in [-0.25, -0.2) is 16.8 Å². The second kappa shape index (κ2) is 8.60. The molecule has 152 valence electrons. The van der Waals surface area contributed by atoms with Crippen LogP contribution in [0, 0.1) is 0 Å². The summed E-state index contributed by atoms with van der Waals surface area (Å²) in [5.41, 5.74) is 0. The van der Waals surface area contributed by atoms with E-state index in [1.54, 1.807) is 48.5 Å². The van der Waals surface area contributed by atoms with Crippen molar-refractivity contribution in [1.29, 1.82) is 0 Å². The molecular weight excluding hydrogens is 400 g/mol. The largest absolute Gasteiger partial charge is 0.497 e. The fourth-order valence-corrected chi connectivity index (χ4v) is 5.86. The molecule has 1 saturated heterocycles. The monoisotopic (exact) mass is 424 g/mol. The van der Waals surface area contributed by atoms with Gasteiger partial charge in [-0.3, -0.25) is 4.90 Å². The molecule has 1 fully saturated rings. The first-order chi connectivity index (χ1) is 13.3. The van der Waals surface area contributed by atoms with Crippen molar-refractivity contribution in [3.05, 3.63) is 54.6 Å². The van der Waals surface area contributed by atoms with E-state index in [2.05, 4.69) is 0 Å². The fourth-order valence-electron chi connectivity index (χ4n) is 3.10. The van der Waals surface area contributed by atoms with E-state index in [-0.39, 0.29) is 15.5 Å². The van der Waals surface area contributed by atoms with Crippen molar-refractivity contribution in [2.24, 2.45) is 0 Å². The minimum atomic E-state index is -3.50. The highest BCUT2D eigenvalue weighted by molar-refractivity contribution is 7.91. The highest BCUT2D eigenvalue weighted by Gasteiger charge is 2.28. The predicted octanol–water partition coefficient (Wildman–Crippen LogP) is 1.48. The van der Waals surface area contributed by atoms with Gasteiger partial charge in [-0.1, -0.05) is 24.3 Å². The molecule has 0 amide bonds. The van der Waals surface area contributed by atoms with Gasteiger partial charge < -0.3 is 4.74 Å². The second-order valence-corrected chi connectivity index (χ2v) is 10.6. The van der Waals surface area contributed by atoms with Crippen molar-refractivity contribution >= 4 is 19.9 Å². The third-order valence-corrected chi connectivity index (χ3v) is 8.39. The smallest absolute Gasteiger partial charge is 0.243 e. The van der Waals surface area contributed by atoms with Gasteiger partial charge in [0.05, 0.1) is 22.7 Å². The Labute approximate surface area is 166 Å². The number of hydrogen-bond acceptors (Lipinski definition) is 6. The Balaban J connectivity index is 1.57. The number of benzene rings is 2. The van der Waals surface area contributed by atoms with Crippen molar-refractivity contribution in [3.63, 3.8) is 0 Å². The Bertz CT molecular complexity index is 1000. The van der Waals surface area contributed by atoms with E-state index in [0.717, 1.165) is 0 Å². The Morgan fingerprint density at radius 2 is 1.50 bits per heavy atom. The first-order valence-electron chi connectivity index (χ1n) is 8.97. The van der Waals surface area contributed by atoms with Crippen LogP contribution in [-0.4, -0.2) is 71.6 Å². The third kappa shape index (κ3) is 4.72. The van der Waals surface area contributed by atoms with Gasteiger partial charge >= 0.3 is 0 Å². The van der Waals surface area contributed by atoms with Gasteiger partial charge in [-0.15, -0.1) is 0 Å². The van der Waals surface area contributed by atoms with Crippen LogP contribution in [0.2, 0.25) is 0 Å². The zero-order valence-corrected chi connectivity index (χ0v) is 17.3. The van der Waals surface area contributed by atoms with Crippen molar-refractivity contribution in [1.82, 2.24) is 9.21 Å². The molecule has 0 bridgehead atoms. The number of sulfonamides is 1. The number of piperazine rings is 1. The SMILES string of the molecule is COc1cccc(S(=O)(=O)CCN2CCN(S(=O)(=O)c3ccccc3)CC2)c1. The molecule has 9 heteroatoms. The van der Waals surface area contributed by atoms with E-state index < -0.39 is 19.9 Å². The van der Waals surface area contributed by atoms with Crippen LogP contribution < -0.4 is 4.74 Å². The van der Waals surface area contributed by atoms with Gasteiger partial charge in [0.25, 0.3) is 0 Å². The van der Waals surface area contributed by atoms with Gasteiger partial charge in [-0.2, -0.15) is 4.31 Å².